The van der Waals surface area contributed by atoms with Crippen molar-refractivity contribution >= 4 is 28.6 Å². The Morgan fingerprint density at radius 1 is 1.07 bits per heavy atom. The summed E-state index contributed by atoms with van der Waals surface area (Å²) in [6.07, 6.45) is 1.66. The van der Waals surface area contributed by atoms with Crippen molar-refractivity contribution in [3.8, 4) is 11.5 Å². The molecule has 0 aliphatic heterocycles. The van der Waals surface area contributed by atoms with Gasteiger partial charge in [0.25, 0.3) is 5.56 Å². The average Bonchev–Trinajstić information content (AvgIpc) is 2.73. The molecule has 6 nitrogen and oxygen atoms in total. The molecule has 0 amide bonds. The van der Waals surface area contributed by atoms with Crippen molar-refractivity contribution in [3.63, 3.8) is 0 Å². The van der Waals surface area contributed by atoms with E-state index >= 15 is 0 Å². The molecule has 0 spiro atoms. The quantitative estimate of drug-likeness (QED) is 0.545. The van der Waals surface area contributed by atoms with Crippen molar-refractivity contribution in [1.29, 1.82) is 0 Å². The topological polar surface area (TPSA) is 69.0 Å². The van der Waals surface area contributed by atoms with Crippen molar-refractivity contribution < 1.29 is 4.74 Å². The van der Waals surface area contributed by atoms with Crippen molar-refractivity contribution in [2.45, 2.75) is 6.54 Å². The van der Waals surface area contributed by atoms with Gasteiger partial charge in [-0.05, 0) is 23.8 Å². The maximum Gasteiger partial charge on any atom is 0.294 e. The number of benzene rings is 2. The first-order valence-corrected chi connectivity index (χ1v) is 9.06. The maximum atomic E-state index is 12.7. The highest BCUT2D eigenvalue weighted by atomic mass is 35.5. The molecule has 0 atom stereocenters. The lowest BCUT2D eigenvalue weighted by Crippen LogP contribution is -2.19. The van der Waals surface area contributed by atoms with Crippen molar-refractivity contribution in [2.75, 3.05) is 5.32 Å². The Labute approximate surface area is 166 Å². The van der Waals surface area contributed by atoms with Gasteiger partial charge in [-0.1, -0.05) is 54.1 Å². The Morgan fingerprint density at radius 3 is 2.61 bits per heavy atom. The normalized spacial score (nSPS) is 10.8. The lowest BCUT2D eigenvalue weighted by atomic mass is 10.2. The molecule has 140 valence electrons. The Bertz CT molecular complexity index is 1190. The Morgan fingerprint density at radius 2 is 1.82 bits per heavy atom. The van der Waals surface area contributed by atoms with E-state index < -0.39 is 0 Å². The second kappa shape index (κ2) is 7.70. The molecular formula is C21H17ClN4O2. The van der Waals surface area contributed by atoms with E-state index in [9.17, 15) is 4.79 Å². The zero-order chi connectivity index (χ0) is 19.5. The summed E-state index contributed by atoms with van der Waals surface area (Å²) in [6, 6.07) is 18.6. The van der Waals surface area contributed by atoms with Crippen LogP contribution in [0.3, 0.4) is 0 Å². The van der Waals surface area contributed by atoms with Gasteiger partial charge in [0.1, 0.15) is 11.4 Å². The molecule has 2 aromatic carbocycles. The first-order chi connectivity index (χ1) is 13.6. The third-order valence-electron chi connectivity index (χ3n) is 4.27. The summed E-state index contributed by atoms with van der Waals surface area (Å²) in [7, 11) is 1.65. The molecule has 0 aliphatic rings. The zero-order valence-electron chi connectivity index (χ0n) is 15.1. The van der Waals surface area contributed by atoms with Crippen LogP contribution in [0.5, 0.6) is 11.5 Å². The van der Waals surface area contributed by atoms with Crippen LogP contribution in [0, 0.1) is 0 Å². The lowest BCUT2D eigenvalue weighted by molar-refractivity contribution is 0.472. The van der Waals surface area contributed by atoms with E-state index in [1.807, 2.05) is 30.3 Å². The summed E-state index contributed by atoms with van der Waals surface area (Å²) in [5, 5.41) is 4.30. The van der Waals surface area contributed by atoms with E-state index in [-0.39, 0.29) is 11.3 Å². The van der Waals surface area contributed by atoms with Crippen molar-refractivity contribution in [1.82, 2.24) is 14.5 Å². The molecule has 0 radical (unpaired) electrons. The minimum absolute atomic E-state index is 0.164. The van der Waals surface area contributed by atoms with E-state index in [1.165, 1.54) is 4.57 Å². The predicted molar refractivity (Wildman–Crippen MR) is 110 cm³/mol. The number of ether oxygens (including phenoxy) is 1. The second-order valence-corrected chi connectivity index (χ2v) is 6.62. The number of rotatable bonds is 5. The van der Waals surface area contributed by atoms with E-state index in [2.05, 4.69) is 15.3 Å². The summed E-state index contributed by atoms with van der Waals surface area (Å²) in [6.45, 7) is 0.591. The van der Waals surface area contributed by atoms with Gasteiger partial charge in [0.05, 0.1) is 5.02 Å². The fourth-order valence-corrected chi connectivity index (χ4v) is 2.97. The van der Waals surface area contributed by atoms with Crippen LogP contribution < -0.4 is 15.6 Å². The number of fused-ring (bicyclic) bond motifs is 1. The molecule has 0 bridgehead atoms. The number of nitrogens with one attached hydrogen (secondary N) is 1. The van der Waals surface area contributed by atoms with Crippen LogP contribution in [0.15, 0.2) is 71.7 Å². The molecule has 0 unspecified atom stereocenters. The summed E-state index contributed by atoms with van der Waals surface area (Å²) in [5.41, 5.74) is 1.32. The highest BCUT2D eigenvalue weighted by molar-refractivity contribution is 6.32. The van der Waals surface area contributed by atoms with Gasteiger partial charge < -0.3 is 10.1 Å². The summed E-state index contributed by atoms with van der Waals surface area (Å²) in [5.74, 6) is 1.03. The number of pyridine rings is 1. The lowest BCUT2D eigenvalue weighted by Gasteiger charge is -2.11. The third kappa shape index (κ3) is 3.68. The Kier molecular flexibility index (Phi) is 4.95. The van der Waals surface area contributed by atoms with Crippen LogP contribution >= 0.6 is 11.6 Å². The molecule has 2 aromatic heterocycles. The maximum absolute atomic E-state index is 12.7. The van der Waals surface area contributed by atoms with Gasteiger partial charge in [0.2, 0.25) is 5.95 Å². The molecule has 0 aliphatic carbocycles. The molecule has 0 saturated heterocycles. The van der Waals surface area contributed by atoms with Crippen molar-refractivity contribution in [3.05, 3.63) is 87.8 Å². The fourth-order valence-electron chi connectivity index (χ4n) is 2.80. The average molecular weight is 393 g/mol. The van der Waals surface area contributed by atoms with Gasteiger partial charge >= 0.3 is 0 Å². The van der Waals surface area contributed by atoms with Crippen LogP contribution in [0.4, 0.5) is 5.95 Å². The first kappa shape index (κ1) is 18.0. The summed E-state index contributed by atoms with van der Waals surface area (Å²) < 4.78 is 7.17. The predicted octanol–water partition coefficient (Wildman–Crippen LogP) is 4.39. The number of anilines is 1. The van der Waals surface area contributed by atoms with E-state index in [1.54, 1.807) is 43.6 Å². The smallest absolute Gasteiger partial charge is 0.294 e. The van der Waals surface area contributed by atoms with E-state index in [0.29, 0.717) is 34.3 Å². The summed E-state index contributed by atoms with van der Waals surface area (Å²) in [4.78, 5) is 21.5. The largest absolute Gasteiger partial charge is 0.450 e. The minimum Gasteiger partial charge on any atom is -0.450 e. The SMILES string of the molecule is Cn1c(=O)c(Oc2ccccc2Cl)cc2cnc(NCc3ccccc3)nc21. The molecule has 0 saturated carbocycles. The molecular weight excluding hydrogens is 376 g/mol. The first-order valence-electron chi connectivity index (χ1n) is 8.69. The number of aromatic nitrogens is 3. The van der Waals surface area contributed by atoms with Crippen molar-refractivity contribution in [2.24, 2.45) is 7.05 Å². The minimum atomic E-state index is -0.305. The van der Waals surface area contributed by atoms with Crippen LogP contribution in [0.2, 0.25) is 5.02 Å². The Balaban J connectivity index is 1.64. The van der Waals surface area contributed by atoms with Gasteiger partial charge in [0, 0.05) is 25.2 Å². The Hall–Kier alpha value is -3.38. The number of hydrogen-bond acceptors (Lipinski definition) is 5. The second-order valence-electron chi connectivity index (χ2n) is 6.22. The van der Waals surface area contributed by atoms with Gasteiger partial charge in [-0.3, -0.25) is 9.36 Å². The van der Waals surface area contributed by atoms with Gasteiger partial charge in [-0.25, -0.2) is 4.98 Å². The van der Waals surface area contributed by atoms with Crippen LogP contribution in [0.1, 0.15) is 5.56 Å². The zero-order valence-corrected chi connectivity index (χ0v) is 15.8. The molecule has 0 fully saturated rings. The number of halogens is 1. The standard InChI is InChI=1S/C21H17ClN4O2/c1-26-19-15(11-18(20(26)27)28-17-10-6-5-9-16(17)22)13-24-21(25-19)23-12-14-7-3-2-4-8-14/h2-11,13H,12H2,1H3,(H,23,24,25). The fraction of sp³-hybridized carbons (Fsp3) is 0.0952. The van der Waals surface area contributed by atoms with Crippen LogP contribution in [0.25, 0.3) is 11.0 Å². The van der Waals surface area contributed by atoms with E-state index in [4.69, 9.17) is 16.3 Å². The molecule has 7 heteroatoms. The molecule has 4 aromatic rings. The number of hydrogen-bond donors (Lipinski definition) is 1. The summed E-state index contributed by atoms with van der Waals surface area (Å²) >= 11 is 6.12. The van der Waals surface area contributed by atoms with Crippen LogP contribution in [-0.2, 0) is 13.6 Å². The molecule has 1 N–H and O–H groups in total. The number of aryl methyl sites for hydroxylation is 1. The highest BCUT2D eigenvalue weighted by Gasteiger charge is 2.12. The third-order valence-corrected chi connectivity index (χ3v) is 4.58. The van der Waals surface area contributed by atoms with E-state index in [0.717, 1.165) is 5.56 Å². The van der Waals surface area contributed by atoms with Gasteiger partial charge in [0.15, 0.2) is 5.75 Å². The highest BCUT2D eigenvalue weighted by Crippen LogP contribution is 2.28. The van der Waals surface area contributed by atoms with Gasteiger partial charge in [-0.2, -0.15) is 4.98 Å². The molecule has 4 rings (SSSR count). The van der Waals surface area contributed by atoms with Gasteiger partial charge in [-0.15, -0.1) is 0 Å². The number of para-hydroxylation sites is 1. The van der Waals surface area contributed by atoms with Crippen LogP contribution in [-0.4, -0.2) is 14.5 Å². The molecule has 2 heterocycles. The monoisotopic (exact) mass is 392 g/mol. The molecule has 28 heavy (non-hydrogen) atoms. The number of nitrogens with zero attached hydrogens (tertiary/aromatic N) is 3.